The van der Waals surface area contributed by atoms with Gasteiger partial charge in [0.25, 0.3) is 47.3 Å². The van der Waals surface area contributed by atoms with Crippen molar-refractivity contribution in [2.75, 3.05) is 121 Å². The lowest BCUT2D eigenvalue weighted by Crippen LogP contribution is -2.34. The van der Waals surface area contributed by atoms with Crippen molar-refractivity contribution in [2.24, 2.45) is 0 Å². The molecule has 0 saturated heterocycles. The minimum Gasteiger partial charge on any atom is -0.466 e. The van der Waals surface area contributed by atoms with Crippen LogP contribution < -0.4 is 21.3 Å². The van der Waals surface area contributed by atoms with Gasteiger partial charge in [-0.3, -0.25) is 77.1 Å². The van der Waals surface area contributed by atoms with E-state index in [9.17, 15) is 101 Å². The summed E-state index contributed by atoms with van der Waals surface area (Å²) in [5, 5.41) is 18.2. The number of nitrogens with zero attached hydrogens (tertiary/aromatic N) is 4. The molecule has 0 atom stereocenters. The number of imide groups is 4. The van der Waals surface area contributed by atoms with Crippen molar-refractivity contribution in [3.63, 3.8) is 0 Å². The molecule has 0 fully saturated rings. The van der Waals surface area contributed by atoms with Crippen molar-refractivity contribution in [3.8, 4) is 123 Å². The van der Waals surface area contributed by atoms with E-state index in [4.69, 9.17) is 74.1 Å². The van der Waals surface area contributed by atoms with Crippen LogP contribution in [0.3, 0.4) is 0 Å². The maximum Gasteiger partial charge on any atom is 0.331 e. The molecule has 0 aromatic carbocycles. The van der Waals surface area contributed by atoms with Crippen LogP contribution in [0, 0.1) is 123 Å². The van der Waals surface area contributed by atoms with Gasteiger partial charge in [0.1, 0.15) is 19.8 Å². The number of unbranched alkanes of at least 4 members (excludes halogenated alkanes) is 3. The Bertz CT molecular complexity index is 4390. The fourth-order valence-electron chi connectivity index (χ4n) is 6.86. The Morgan fingerprint density at radius 3 is 0.922 bits per heavy atom. The SMILES string of the molecule is C#CCCCN1C(=O)C=CC1=O.C#CCCCNC(=O)/C=C/C(=O)OC.C#CCCCOC(=O)/C=C/C(=O)OC.C#CCCN1C(=O)C=CC1=O.C#CCCNC(=O)/C=C/C(=O)OC.C#CCCOC(=O)/C=C/C(=O)OC.C#CCCOC(=O)/C=C/C(=O)OCCO.C#CCN1C(=O)C=CC1=O.C#CCNC(=O)/C=C/C(=O)OC.C#CCNC(=O)CCN1C(=O)C=CC1=O. The first kappa shape index (κ1) is 122. The Kier molecular flexibility index (Phi) is 81.3. The molecule has 0 aromatic heterocycles. The van der Waals surface area contributed by atoms with Crippen LogP contribution in [0.4, 0.5) is 0 Å². The van der Waals surface area contributed by atoms with E-state index in [1.54, 1.807) is 0 Å². The van der Waals surface area contributed by atoms with E-state index in [-0.39, 0.29) is 131 Å². The molecular weight excluding hydrogens is 1690 g/mol. The summed E-state index contributed by atoms with van der Waals surface area (Å²) in [6, 6.07) is 0. The lowest BCUT2D eigenvalue weighted by atomic mass is 10.3. The van der Waals surface area contributed by atoms with Gasteiger partial charge in [0, 0.05) is 206 Å². The van der Waals surface area contributed by atoms with Gasteiger partial charge in [0.2, 0.25) is 23.6 Å². The number of hydrogen-bond donors (Lipinski definition) is 5. The summed E-state index contributed by atoms with van der Waals surface area (Å²) in [5.74, 6) is 14.1. The van der Waals surface area contributed by atoms with Crippen LogP contribution in [-0.4, -0.2) is 270 Å². The van der Waals surface area contributed by atoms with Crippen LogP contribution in [-0.2, 0) is 143 Å². The third-order valence-electron chi connectivity index (χ3n) is 12.9. The predicted octanol–water partition coefficient (Wildman–Crippen LogP) is -0.981. The van der Waals surface area contributed by atoms with Gasteiger partial charge < -0.3 is 69.0 Å². The molecule has 4 heterocycles. The van der Waals surface area contributed by atoms with Crippen molar-refractivity contribution in [1.29, 1.82) is 0 Å². The second-order valence-corrected chi connectivity index (χ2v) is 22.3. The van der Waals surface area contributed by atoms with E-state index in [0.717, 1.165) is 94.0 Å². The number of nitrogens with one attached hydrogen (secondary N) is 4. The number of ether oxygens (including phenoxy) is 9. The number of carbonyl (C=O) groups excluding carboxylic acids is 21. The largest absolute Gasteiger partial charge is 0.466 e. The topological polar surface area (TPSA) is 523 Å². The average molecular weight is 1790 g/mol. The molecule has 129 heavy (non-hydrogen) atoms. The molecule has 684 valence electrons. The number of aliphatic hydroxyl groups is 1. The minimum atomic E-state index is -0.710. The van der Waals surface area contributed by atoms with Gasteiger partial charge in [-0.15, -0.1) is 106 Å². The van der Waals surface area contributed by atoms with Crippen LogP contribution in [0.25, 0.3) is 0 Å². The Balaban J connectivity index is -0.000000326. The maximum atomic E-state index is 11.1. The summed E-state index contributed by atoms with van der Waals surface area (Å²) in [4.78, 5) is 231. The Morgan fingerprint density at radius 1 is 0.295 bits per heavy atom. The van der Waals surface area contributed by atoms with Crippen molar-refractivity contribution in [1.82, 2.24) is 40.9 Å². The third-order valence-corrected chi connectivity index (χ3v) is 12.9. The molecule has 5 N–H and O–H groups in total. The van der Waals surface area contributed by atoms with Gasteiger partial charge in [-0.2, -0.15) is 0 Å². The highest BCUT2D eigenvalue weighted by Crippen LogP contribution is 2.07. The van der Waals surface area contributed by atoms with E-state index in [2.05, 4.69) is 118 Å². The molecule has 0 aromatic rings. The van der Waals surface area contributed by atoms with Crippen LogP contribution in [0.2, 0.25) is 0 Å². The van der Waals surface area contributed by atoms with Gasteiger partial charge in [-0.05, 0) is 19.3 Å². The van der Waals surface area contributed by atoms with Gasteiger partial charge in [0.05, 0.1) is 68.4 Å². The molecule has 0 aliphatic carbocycles. The van der Waals surface area contributed by atoms with Gasteiger partial charge in [-0.25, -0.2) is 43.2 Å². The first-order valence-electron chi connectivity index (χ1n) is 37.0. The molecule has 0 bridgehead atoms. The highest BCUT2D eigenvalue weighted by Gasteiger charge is 2.25. The minimum absolute atomic E-state index is 0.0602. The van der Waals surface area contributed by atoms with Gasteiger partial charge in [0.15, 0.2) is 0 Å². The van der Waals surface area contributed by atoms with Gasteiger partial charge in [-0.1, -0.05) is 17.8 Å². The first-order chi connectivity index (χ1) is 61.6. The number of terminal acetylenes is 10. The molecular formula is C90H98N8O31. The highest BCUT2D eigenvalue weighted by molar-refractivity contribution is 6.15. The monoisotopic (exact) mass is 1790 g/mol. The van der Waals surface area contributed by atoms with Crippen molar-refractivity contribution >= 4 is 125 Å². The number of esters is 9. The van der Waals surface area contributed by atoms with E-state index < -0.39 is 59.6 Å². The normalized spacial score (nSPS) is 11.5. The van der Waals surface area contributed by atoms with E-state index in [1.807, 2.05) is 0 Å². The average Bonchev–Trinajstić information content (AvgIpc) is 1.80. The molecule has 0 saturated carbocycles. The summed E-state index contributed by atoms with van der Waals surface area (Å²) in [5.41, 5.74) is 0. The predicted molar refractivity (Wildman–Crippen MR) is 460 cm³/mol. The number of aliphatic hydroxyl groups excluding tert-OH is 1. The molecule has 0 radical (unpaired) electrons. The maximum absolute atomic E-state index is 11.1. The number of amides is 12. The summed E-state index contributed by atoms with van der Waals surface area (Å²) in [7, 11) is 6.16. The van der Waals surface area contributed by atoms with E-state index >= 15 is 0 Å². The smallest absolute Gasteiger partial charge is 0.331 e. The van der Waals surface area contributed by atoms with E-state index in [0.29, 0.717) is 84.0 Å². The summed E-state index contributed by atoms with van der Waals surface area (Å²) < 4.78 is 39.8. The Labute approximate surface area is 747 Å². The number of methoxy groups -OCH3 is 5. The van der Waals surface area contributed by atoms with Gasteiger partial charge >= 0.3 is 53.7 Å². The zero-order chi connectivity index (χ0) is 98.8. The molecule has 4 rings (SSSR count). The number of hydrogen-bond acceptors (Lipinski definition) is 31. The molecule has 0 unspecified atom stereocenters. The zero-order valence-corrected chi connectivity index (χ0v) is 71.3. The highest BCUT2D eigenvalue weighted by atomic mass is 16.6. The Hall–Kier alpha value is -17.4. The second-order valence-electron chi connectivity index (χ2n) is 22.3. The lowest BCUT2D eigenvalue weighted by Gasteiger charge is -2.12. The number of carbonyl (C=O) groups is 21. The second kappa shape index (κ2) is 85.6. The molecule has 4 aliphatic rings. The van der Waals surface area contributed by atoms with Crippen LogP contribution >= 0.6 is 0 Å². The third kappa shape index (κ3) is 76.5. The molecule has 39 nitrogen and oxygen atoms in total. The molecule has 39 heteroatoms. The Morgan fingerprint density at radius 2 is 0.581 bits per heavy atom. The standard InChI is InChI=1S/C10H10N2O3.C10H13NO3.C10H12O5.C10H12O4.C9H11NO3.C9H9NO2.C9H10O4.C8H9NO3.C8H7NO2.C7H5NO2/c1-2-6-11-8(13)5-7-12-9(14)3-4-10(12)15;1-3-4-5-8-11-9(12)6-7-10(13)14-2;1-2-3-7-14-9(12)4-5-10(13)15-8-6-11;1-3-4-5-8-14-10(12)7-6-9(11)13-2;1-3-4-7-10-8(11)5-6-9(12)13-2;1-2-3-4-7-10-8(11)5-6-9(10)12;1-3-4-7-13-9(11)6-5-8(10)12-2;1-3-6-9-7(10)4-5-8(11)12-2;1-2-3-6-9-7(10)4-5-8(9)11;1-2-5-8-6(9)3-4-7(8)10/h1,3-4H,5-7H2,(H,11,13);1,6-7H,4-5,8H2,2H3,(H,11,12);1,4-5,11H,3,6-8H2;1,6-7H,4-5,8H2,2H3;1,5-6H,4,7H2,2H3,(H,10,11);1,5-6H,3-4,7H2;1,5-6H,4,7H2,2H3;1,4-5H,6H2,2H3,(H,9,10);1,4-5H,3,6H2;1,3-4H,5H2/b;7-6+;5-4+;7-6+;6-5+;;6-5+;5-4+;;. The summed E-state index contributed by atoms with van der Waals surface area (Å²) in [6.07, 6.45) is 77.1. The fourth-order valence-corrected chi connectivity index (χ4v) is 6.86. The van der Waals surface area contributed by atoms with Crippen molar-refractivity contribution in [2.45, 2.75) is 70.6 Å². The number of rotatable bonds is 37. The molecule has 12 amide bonds. The van der Waals surface area contributed by atoms with Crippen molar-refractivity contribution < 1.29 is 148 Å². The lowest BCUT2D eigenvalue weighted by molar-refractivity contribution is -0.140. The summed E-state index contributed by atoms with van der Waals surface area (Å²) in [6.45, 7) is 2.27. The molecule has 0 spiro atoms. The van der Waals surface area contributed by atoms with E-state index in [1.165, 1.54) is 89.1 Å². The van der Waals surface area contributed by atoms with Crippen molar-refractivity contribution in [3.05, 3.63) is 122 Å². The summed E-state index contributed by atoms with van der Waals surface area (Å²) >= 11 is 0. The van der Waals surface area contributed by atoms with Crippen LogP contribution in [0.5, 0.6) is 0 Å². The zero-order valence-electron chi connectivity index (χ0n) is 71.3. The first-order valence-corrected chi connectivity index (χ1v) is 37.0. The molecule has 4 aliphatic heterocycles. The fraction of sp³-hybridized carbons (Fsp3) is 0.322. The van der Waals surface area contributed by atoms with Crippen LogP contribution in [0.15, 0.2) is 122 Å². The van der Waals surface area contributed by atoms with Crippen LogP contribution in [0.1, 0.15) is 70.6 Å². The quantitative estimate of drug-likeness (QED) is 0.0125.